The first kappa shape index (κ1) is 51.1. The summed E-state index contributed by atoms with van der Waals surface area (Å²) >= 11 is 0. The van der Waals surface area contributed by atoms with Crippen molar-refractivity contribution >= 4 is 18.2 Å². The Morgan fingerprint density at radius 2 is 1.40 bits per heavy atom. The lowest BCUT2D eigenvalue weighted by molar-refractivity contribution is -0.360. The second-order valence-corrected chi connectivity index (χ2v) is 22.9. The number of esters is 1. The van der Waals surface area contributed by atoms with Crippen LogP contribution in [0.5, 0.6) is 0 Å². The first-order chi connectivity index (χ1) is 31.2. The van der Waals surface area contributed by atoms with Crippen molar-refractivity contribution in [1.82, 2.24) is 0 Å². The van der Waals surface area contributed by atoms with Gasteiger partial charge in [-0.3, -0.25) is 4.79 Å². The number of aliphatic carboxylic acids is 1. The van der Waals surface area contributed by atoms with Crippen LogP contribution in [0, 0.1) is 50.2 Å². The van der Waals surface area contributed by atoms with E-state index in [0.717, 1.165) is 18.3 Å². The highest BCUT2D eigenvalue weighted by Crippen LogP contribution is 2.76. The zero-order valence-electron chi connectivity index (χ0n) is 39.0. The number of carbonyl (C=O) groups is 3. The van der Waals surface area contributed by atoms with Crippen LogP contribution in [0.15, 0.2) is 11.6 Å². The summed E-state index contributed by atoms with van der Waals surface area (Å²) < 4.78 is 34.5. The average molecular weight is 957 g/mol. The molecular weight excluding hydrogens is 884 g/mol. The molecule has 8 rings (SSSR count). The average Bonchev–Trinajstić information content (AvgIpc) is 3.26. The number of aldehydes is 1. The maximum Gasteiger partial charge on any atom is 0.335 e. The number of allylic oxidation sites excluding steroid dienone is 2. The Morgan fingerprint density at radius 3 is 2.06 bits per heavy atom. The third-order valence-corrected chi connectivity index (χ3v) is 18.8. The molecule has 7 fully saturated rings. The highest BCUT2D eigenvalue weighted by atomic mass is 16.7. The maximum atomic E-state index is 14.7. The Kier molecular flexibility index (Phi) is 13.6. The Bertz CT molecular complexity index is 1910. The van der Waals surface area contributed by atoms with Crippen molar-refractivity contribution in [1.29, 1.82) is 0 Å². The molecule has 0 aromatic heterocycles. The number of carboxylic acid groups (broad SMARTS) is 1. The van der Waals surface area contributed by atoms with E-state index in [1.165, 1.54) is 0 Å². The quantitative estimate of drug-likeness (QED) is 0.0573. The summed E-state index contributed by atoms with van der Waals surface area (Å²) in [5.74, 6) is -2.98. The number of hydrogen-bond acceptors (Lipinski definition) is 19. The van der Waals surface area contributed by atoms with Gasteiger partial charge in [0.15, 0.2) is 18.7 Å². The van der Waals surface area contributed by atoms with Crippen LogP contribution in [0.1, 0.15) is 99.3 Å². The van der Waals surface area contributed by atoms with Gasteiger partial charge in [0.1, 0.15) is 67.3 Å². The standard InChI is InChI=1S/C47H72O20/c1-42(2)11-13-47(41(61)67-39-31(56)29(54)28(53)24(17-48)63-39)14-12-45(5)20(21(47)15-42)7-8-26-43(3)16-22(50)36(44(4,19-49)25(43)9-10-46(26,45)6)66-40-33(58)34(32(57)35(65-40)37(59)60)64-38-30(55)27(52)23(51)18-62-38/h7,19,21-36,38-40,48,50-58H,8-18H2,1-6H3,(H,59,60). The number of rotatable bonds is 9. The largest absolute Gasteiger partial charge is 0.479 e. The van der Waals surface area contributed by atoms with Crippen LogP contribution in [0.25, 0.3) is 0 Å². The first-order valence-corrected chi connectivity index (χ1v) is 23.8. The molecule has 4 saturated carbocycles. The van der Waals surface area contributed by atoms with Crippen molar-refractivity contribution in [2.45, 2.75) is 198 Å². The van der Waals surface area contributed by atoms with Gasteiger partial charge in [0.25, 0.3) is 0 Å². The predicted octanol–water partition coefficient (Wildman–Crippen LogP) is -0.978. The summed E-state index contributed by atoms with van der Waals surface area (Å²) in [5.41, 5.74) is -3.00. The van der Waals surface area contributed by atoms with Crippen molar-refractivity contribution in [2.75, 3.05) is 13.2 Å². The maximum absolute atomic E-state index is 14.7. The van der Waals surface area contributed by atoms with Crippen molar-refractivity contribution in [3.05, 3.63) is 11.6 Å². The molecule has 0 spiro atoms. The fourth-order valence-electron chi connectivity index (χ4n) is 14.7. The van der Waals surface area contributed by atoms with E-state index in [4.69, 9.17) is 28.4 Å². The van der Waals surface area contributed by atoms with Gasteiger partial charge in [0.05, 0.1) is 36.3 Å². The molecule has 0 aromatic carbocycles. The van der Waals surface area contributed by atoms with Gasteiger partial charge in [0, 0.05) is 0 Å². The number of aliphatic hydroxyl groups is 10. The molecule has 3 aliphatic heterocycles. The summed E-state index contributed by atoms with van der Waals surface area (Å²) in [6.07, 6.45) is -19.3. The fourth-order valence-corrected chi connectivity index (χ4v) is 14.7. The molecule has 3 saturated heterocycles. The van der Waals surface area contributed by atoms with E-state index in [9.17, 15) is 70.6 Å². The lowest BCUT2D eigenvalue weighted by Gasteiger charge is -2.71. The molecule has 0 aromatic rings. The van der Waals surface area contributed by atoms with Gasteiger partial charge < -0.3 is 89.4 Å². The van der Waals surface area contributed by atoms with E-state index in [-0.39, 0.29) is 23.7 Å². The number of carbonyl (C=O) groups excluding carboxylic acids is 2. The minimum absolute atomic E-state index is 0.0934. The van der Waals surface area contributed by atoms with Gasteiger partial charge in [-0.05, 0) is 97.2 Å². The van der Waals surface area contributed by atoms with E-state index < -0.39 is 156 Å². The third-order valence-electron chi connectivity index (χ3n) is 18.8. The molecule has 8 aliphatic rings. The van der Waals surface area contributed by atoms with Crippen molar-refractivity contribution in [3.8, 4) is 0 Å². The summed E-state index contributed by atoms with van der Waals surface area (Å²) in [5, 5.41) is 117. The fraction of sp³-hybridized carbons (Fsp3) is 0.894. The Balaban J connectivity index is 1.06. The Labute approximate surface area is 389 Å². The predicted molar refractivity (Wildman–Crippen MR) is 226 cm³/mol. The van der Waals surface area contributed by atoms with E-state index in [0.29, 0.717) is 44.9 Å². The van der Waals surface area contributed by atoms with Gasteiger partial charge in [0.2, 0.25) is 6.29 Å². The molecule has 24 unspecified atom stereocenters. The molecule has 67 heavy (non-hydrogen) atoms. The zero-order chi connectivity index (χ0) is 49.1. The molecule has 0 amide bonds. The monoisotopic (exact) mass is 956 g/mol. The van der Waals surface area contributed by atoms with Crippen LogP contribution in [-0.4, -0.2) is 186 Å². The normalized spacial score (nSPS) is 54.0. The molecule has 0 bridgehead atoms. The van der Waals surface area contributed by atoms with Crippen molar-refractivity contribution < 1.29 is 99.0 Å². The van der Waals surface area contributed by atoms with E-state index in [1.54, 1.807) is 6.92 Å². The SMILES string of the molecule is CC1(C)CCC2(C(=O)OC3OC(CO)C(O)C(O)C3O)CCC3(C)C(=CCC4C5(C)CC(O)C(OC6OC(C(=O)O)C(O)C(OC7OCC(O)C(O)C7O)C6O)C(C)(C=O)C5CCC43C)C2C1. The third kappa shape index (κ3) is 7.87. The van der Waals surface area contributed by atoms with Gasteiger partial charge in [-0.2, -0.15) is 0 Å². The van der Waals surface area contributed by atoms with Crippen LogP contribution < -0.4 is 0 Å². The molecule has 24 atom stereocenters. The highest BCUT2D eigenvalue weighted by Gasteiger charge is 2.72. The molecule has 20 heteroatoms. The molecule has 3 heterocycles. The Hall–Kier alpha value is -2.25. The van der Waals surface area contributed by atoms with Gasteiger partial charge in [-0.1, -0.05) is 53.2 Å². The summed E-state index contributed by atoms with van der Waals surface area (Å²) in [4.78, 5) is 40.7. The summed E-state index contributed by atoms with van der Waals surface area (Å²) in [6.45, 7) is 11.5. The number of carboxylic acids is 1. The van der Waals surface area contributed by atoms with E-state index >= 15 is 0 Å². The number of ether oxygens (including phenoxy) is 6. The molecular formula is C47H72O20. The smallest absolute Gasteiger partial charge is 0.335 e. The first-order valence-electron chi connectivity index (χ1n) is 23.8. The zero-order valence-corrected chi connectivity index (χ0v) is 39.0. The second-order valence-electron chi connectivity index (χ2n) is 22.9. The van der Waals surface area contributed by atoms with Crippen LogP contribution in [0.2, 0.25) is 0 Å². The van der Waals surface area contributed by atoms with Gasteiger partial charge in [-0.15, -0.1) is 0 Å². The molecule has 11 N–H and O–H groups in total. The highest BCUT2D eigenvalue weighted by molar-refractivity contribution is 5.79. The van der Waals surface area contributed by atoms with Gasteiger partial charge >= 0.3 is 11.9 Å². The number of hydrogen-bond donors (Lipinski definition) is 11. The van der Waals surface area contributed by atoms with Crippen molar-refractivity contribution in [3.63, 3.8) is 0 Å². The summed E-state index contributed by atoms with van der Waals surface area (Å²) in [7, 11) is 0. The molecule has 0 radical (unpaired) electrons. The second kappa shape index (κ2) is 17.8. The van der Waals surface area contributed by atoms with Gasteiger partial charge in [-0.25, -0.2) is 4.79 Å². The van der Waals surface area contributed by atoms with Crippen LogP contribution in [0.4, 0.5) is 0 Å². The van der Waals surface area contributed by atoms with Crippen LogP contribution >= 0.6 is 0 Å². The lowest BCUT2D eigenvalue weighted by Crippen LogP contribution is -2.69. The minimum Gasteiger partial charge on any atom is -0.479 e. The summed E-state index contributed by atoms with van der Waals surface area (Å²) in [6, 6.07) is 0. The molecule has 20 nitrogen and oxygen atoms in total. The van der Waals surface area contributed by atoms with E-state index in [1.807, 2.05) is 0 Å². The van der Waals surface area contributed by atoms with Crippen LogP contribution in [0.3, 0.4) is 0 Å². The Morgan fingerprint density at radius 1 is 0.731 bits per heavy atom. The minimum atomic E-state index is -2.04. The number of fused-ring (bicyclic) bond motifs is 7. The van der Waals surface area contributed by atoms with Crippen molar-refractivity contribution in [2.24, 2.45) is 50.2 Å². The molecule has 5 aliphatic carbocycles. The number of aliphatic hydroxyl groups excluding tert-OH is 10. The lowest BCUT2D eigenvalue weighted by atomic mass is 9.33. The molecule has 380 valence electrons. The van der Waals surface area contributed by atoms with Crippen LogP contribution in [-0.2, 0) is 42.8 Å². The van der Waals surface area contributed by atoms with E-state index in [2.05, 4.69) is 40.7 Å². The topological polar surface area (TPSA) is 329 Å².